The number of H-pyrrole nitrogens is 1. The summed E-state index contributed by atoms with van der Waals surface area (Å²) in [5.74, 6) is 0. The summed E-state index contributed by atoms with van der Waals surface area (Å²) in [6.07, 6.45) is 5.84. The number of thiazole rings is 1. The lowest BCUT2D eigenvalue weighted by Gasteiger charge is -2.28. The summed E-state index contributed by atoms with van der Waals surface area (Å²) < 4.78 is 5.43. The topological polar surface area (TPSA) is 54.0 Å². The number of aromatic amines is 1. The van der Waals surface area contributed by atoms with Crippen LogP contribution in [0.5, 0.6) is 0 Å². The summed E-state index contributed by atoms with van der Waals surface area (Å²) >= 11 is 1.64. The van der Waals surface area contributed by atoms with Crippen molar-refractivity contribution >= 4 is 28.1 Å². The number of fused-ring (bicyclic) bond motifs is 1. The van der Waals surface area contributed by atoms with E-state index >= 15 is 0 Å². The van der Waals surface area contributed by atoms with Gasteiger partial charge in [-0.25, -0.2) is 4.98 Å². The highest BCUT2D eigenvalue weighted by Crippen LogP contribution is 2.33. The van der Waals surface area contributed by atoms with E-state index in [-0.39, 0.29) is 1.43 Å². The smallest absolute Gasteiger partial charge is 0.137 e. The van der Waals surface area contributed by atoms with Gasteiger partial charge in [-0.05, 0) is 23.8 Å². The molecule has 0 spiro atoms. The van der Waals surface area contributed by atoms with Crippen molar-refractivity contribution in [3.05, 3.63) is 54.4 Å². The Morgan fingerprint density at radius 3 is 2.69 bits per heavy atom. The van der Waals surface area contributed by atoms with Crippen molar-refractivity contribution in [2.75, 3.05) is 31.2 Å². The Morgan fingerprint density at radius 1 is 1.08 bits per heavy atom. The second kappa shape index (κ2) is 6.55. The van der Waals surface area contributed by atoms with Gasteiger partial charge in [0.15, 0.2) is 0 Å². The Kier molecular flexibility index (Phi) is 3.92. The van der Waals surface area contributed by atoms with E-state index in [0.717, 1.165) is 53.3 Å². The van der Waals surface area contributed by atoms with E-state index in [1.165, 1.54) is 11.3 Å². The molecule has 1 aliphatic heterocycles. The molecule has 0 atom stereocenters. The van der Waals surface area contributed by atoms with Crippen molar-refractivity contribution < 1.29 is 6.16 Å². The van der Waals surface area contributed by atoms with Crippen LogP contribution in [-0.2, 0) is 4.74 Å². The average Bonchev–Trinajstić information content (AvgIpc) is 3.38. The molecule has 0 saturated carbocycles. The van der Waals surface area contributed by atoms with Crippen LogP contribution >= 0.6 is 11.3 Å². The van der Waals surface area contributed by atoms with E-state index in [4.69, 9.17) is 4.74 Å². The van der Waals surface area contributed by atoms with Crippen LogP contribution in [0.2, 0.25) is 0 Å². The molecular weight excluding hydrogens is 344 g/mol. The summed E-state index contributed by atoms with van der Waals surface area (Å²) in [6, 6.07) is 10.9. The molecule has 4 heterocycles. The highest BCUT2D eigenvalue weighted by atomic mass is 32.1. The maximum absolute atomic E-state index is 5.43. The minimum absolute atomic E-state index is 0. The van der Waals surface area contributed by atoms with Gasteiger partial charge in [-0.1, -0.05) is 12.1 Å². The molecule has 0 unspecified atom stereocenters. The molecule has 1 N–H and O–H groups in total. The van der Waals surface area contributed by atoms with E-state index in [2.05, 4.69) is 50.2 Å². The van der Waals surface area contributed by atoms with Crippen molar-refractivity contribution in [2.45, 2.75) is 0 Å². The molecular formula is C20H20N4OS. The van der Waals surface area contributed by atoms with E-state index in [1.807, 2.05) is 24.1 Å². The molecule has 6 heteroatoms. The van der Waals surface area contributed by atoms with Crippen molar-refractivity contribution in [2.24, 2.45) is 0 Å². The highest BCUT2D eigenvalue weighted by molar-refractivity contribution is 7.13. The molecule has 5 rings (SSSR count). The fourth-order valence-electron chi connectivity index (χ4n) is 3.40. The minimum atomic E-state index is 0. The molecule has 1 fully saturated rings. The number of anilines is 1. The van der Waals surface area contributed by atoms with Crippen LogP contribution in [0, 0.1) is 0 Å². The number of rotatable bonds is 3. The second-order valence-electron chi connectivity index (χ2n) is 6.33. The molecule has 1 saturated heterocycles. The number of hydrogen-bond acceptors (Lipinski definition) is 5. The predicted octanol–water partition coefficient (Wildman–Crippen LogP) is 4.44. The van der Waals surface area contributed by atoms with Gasteiger partial charge in [-0.15, -0.1) is 11.3 Å². The zero-order valence-electron chi connectivity index (χ0n) is 14.2. The van der Waals surface area contributed by atoms with E-state index in [1.54, 1.807) is 11.3 Å². The van der Waals surface area contributed by atoms with Crippen molar-refractivity contribution in [1.29, 1.82) is 0 Å². The lowest BCUT2D eigenvalue weighted by molar-refractivity contribution is 0.122. The maximum atomic E-state index is 5.43. The second-order valence-corrected chi connectivity index (χ2v) is 7.22. The first-order chi connectivity index (χ1) is 12.9. The van der Waals surface area contributed by atoms with Crippen molar-refractivity contribution in [1.82, 2.24) is 15.0 Å². The predicted molar refractivity (Wildman–Crippen MR) is 108 cm³/mol. The lowest BCUT2D eigenvalue weighted by atomic mass is 10.0. The zero-order valence-corrected chi connectivity index (χ0v) is 15.0. The van der Waals surface area contributed by atoms with Gasteiger partial charge in [0, 0.05) is 55.3 Å². The molecule has 0 bridgehead atoms. The van der Waals surface area contributed by atoms with Crippen LogP contribution < -0.4 is 4.90 Å². The van der Waals surface area contributed by atoms with Crippen LogP contribution in [0.1, 0.15) is 1.43 Å². The van der Waals surface area contributed by atoms with Crippen LogP contribution in [0.15, 0.2) is 54.4 Å². The lowest BCUT2D eigenvalue weighted by Crippen LogP contribution is -2.36. The summed E-state index contributed by atoms with van der Waals surface area (Å²) in [5.41, 5.74) is 7.46. The number of morpholine rings is 1. The molecule has 0 aliphatic carbocycles. The molecule has 3 aromatic heterocycles. The van der Waals surface area contributed by atoms with Gasteiger partial charge in [-0.2, -0.15) is 0 Å². The van der Waals surface area contributed by atoms with Gasteiger partial charge < -0.3 is 14.6 Å². The molecule has 0 amide bonds. The quantitative estimate of drug-likeness (QED) is 0.584. The number of pyridine rings is 1. The summed E-state index contributed by atoms with van der Waals surface area (Å²) in [7, 11) is 0. The van der Waals surface area contributed by atoms with Gasteiger partial charge in [0.2, 0.25) is 0 Å². The molecule has 132 valence electrons. The Hall–Kier alpha value is -2.70. The first-order valence-electron chi connectivity index (χ1n) is 8.67. The van der Waals surface area contributed by atoms with E-state index in [0.29, 0.717) is 0 Å². The van der Waals surface area contributed by atoms with E-state index in [9.17, 15) is 0 Å². The van der Waals surface area contributed by atoms with E-state index < -0.39 is 0 Å². The fraction of sp³-hybridized carbons (Fsp3) is 0.200. The van der Waals surface area contributed by atoms with Gasteiger partial charge in [0.25, 0.3) is 0 Å². The third-order valence-electron chi connectivity index (χ3n) is 4.81. The third kappa shape index (κ3) is 2.77. The Bertz CT molecular complexity index is 1020. The van der Waals surface area contributed by atoms with Crippen molar-refractivity contribution in [3.8, 4) is 21.6 Å². The molecule has 1 aliphatic rings. The van der Waals surface area contributed by atoms with Gasteiger partial charge in [-0.3, -0.25) is 4.98 Å². The molecule has 4 aromatic rings. The maximum Gasteiger partial charge on any atom is 0.137 e. The number of nitrogens with one attached hydrogen (secondary N) is 1. The monoisotopic (exact) mass is 364 g/mol. The number of ether oxygens (including phenoxy) is 1. The molecule has 1 aromatic carbocycles. The zero-order chi connectivity index (χ0) is 17.3. The molecule has 0 radical (unpaired) electrons. The standard InChI is InChI=1S/C20H18N4OS.H2/c1-3-16(24-5-7-25-8-6-24)4-2-14(1)15-9-17-18(19-12-21-13-26-19)11-23-20(17)22-10-15;/h1-4,9-13H,5-8H2,(H,22,23);1H. The normalized spacial score (nSPS) is 14.8. The Balaban J connectivity index is 0.00000180. The largest absolute Gasteiger partial charge is 0.378 e. The first kappa shape index (κ1) is 15.5. The fourth-order valence-corrected chi connectivity index (χ4v) is 4.05. The Morgan fingerprint density at radius 2 is 1.92 bits per heavy atom. The SMILES string of the molecule is [HH].c1ncc(-c2c[nH]c3ncc(-c4ccc(N5CCOCC5)cc4)cc23)s1. The van der Waals surface area contributed by atoms with Gasteiger partial charge in [0.1, 0.15) is 5.65 Å². The number of benzene rings is 1. The van der Waals surface area contributed by atoms with Crippen LogP contribution in [-0.4, -0.2) is 41.3 Å². The van der Waals surface area contributed by atoms with Crippen molar-refractivity contribution in [3.63, 3.8) is 0 Å². The van der Waals surface area contributed by atoms with Gasteiger partial charge >= 0.3 is 0 Å². The van der Waals surface area contributed by atoms with Crippen LogP contribution in [0.3, 0.4) is 0 Å². The number of aromatic nitrogens is 3. The first-order valence-corrected chi connectivity index (χ1v) is 9.55. The highest BCUT2D eigenvalue weighted by Gasteiger charge is 2.12. The summed E-state index contributed by atoms with van der Waals surface area (Å²) in [6.45, 7) is 3.51. The number of nitrogens with zero attached hydrogens (tertiary/aromatic N) is 3. The molecule has 5 nitrogen and oxygen atoms in total. The molecule has 26 heavy (non-hydrogen) atoms. The Labute approximate surface area is 156 Å². The summed E-state index contributed by atoms with van der Waals surface area (Å²) in [5, 5.41) is 1.13. The third-order valence-corrected chi connectivity index (χ3v) is 5.61. The van der Waals surface area contributed by atoms with Gasteiger partial charge in [0.05, 0.1) is 23.6 Å². The minimum Gasteiger partial charge on any atom is -0.378 e. The number of hydrogen-bond donors (Lipinski definition) is 1. The summed E-state index contributed by atoms with van der Waals surface area (Å²) in [4.78, 5) is 15.6. The van der Waals surface area contributed by atoms with Crippen LogP contribution in [0.25, 0.3) is 32.6 Å². The average molecular weight is 364 g/mol. The van der Waals surface area contributed by atoms with Crippen LogP contribution in [0.4, 0.5) is 5.69 Å².